The molecule has 4 heavy (non-hydrogen) atoms. The third-order valence-electron chi connectivity index (χ3n) is 0. The molecule has 0 aromatic heterocycles. The Balaban J connectivity index is 0. The molecule has 0 amide bonds. The summed E-state index contributed by atoms with van der Waals surface area (Å²) in [5.41, 5.74) is 0. The van der Waals surface area contributed by atoms with Gasteiger partial charge in [0.05, 0.1) is 0 Å². The molecule has 0 aliphatic rings. The van der Waals surface area contributed by atoms with Crippen LogP contribution in [-0.4, -0.2) is 0 Å². The summed E-state index contributed by atoms with van der Waals surface area (Å²) in [6.45, 7) is 0. The largest absolute Gasteiger partial charge is 0 e. The van der Waals surface area contributed by atoms with E-state index >= 15 is 0 Å². The fraction of sp³-hybridized carbons (Fsp3) is 0. The molecule has 0 atom stereocenters. The van der Waals surface area contributed by atoms with Gasteiger partial charge in [0.1, 0.15) is 0 Å². The zero-order valence-corrected chi connectivity index (χ0v) is 10.6. The van der Waals surface area contributed by atoms with Gasteiger partial charge in [-0.1, -0.05) is 0 Å². The van der Waals surface area contributed by atoms with Crippen LogP contribution in [0.1, 0.15) is 0 Å². The second kappa shape index (κ2) is 9.73. The molecule has 0 aliphatic heterocycles. The summed E-state index contributed by atoms with van der Waals surface area (Å²) in [4.78, 5) is 0. The van der Waals surface area contributed by atoms with Gasteiger partial charge in [0.15, 0.2) is 0 Å². The van der Waals surface area contributed by atoms with Gasteiger partial charge in [0, 0.05) is 40.4 Å². The van der Waals surface area contributed by atoms with E-state index in [0.717, 1.165) is 0 Å². The maximum atomic E-state index is 2.39. The Morgan fingerprint density at radius 2 is 1.25 bits per heavy atom. The van der Waals surface area contributed by atoms with E-state index in [1.165, 1.54) is 0 Å². The third kappa shape index (κ3) is 9.11. The van der Waals surface area contributed by atoms with Gasteiger partial charge >= 0.3 is 50.5 Å². The second-order valence-corrected chi connectivity index (χ2v) is 16.3. The Morgan fingerprint density at radius 3 is 1.25 bits per heavy atom. The van der Waals surface area contributed by atoms with Crippen LogP contribution in [0.5, 0.6) is 0 Å². The third-order valence-corrected chi connectivity index (χ3v) is 0. The number of hydrogen-bond donors (Lipinski definition) is 0. The van der Waals surface area contributed by atoms with E-state index in [1.807, 2.05) is 0 Å². The van der Waals surface area contributed by atoms with Crippen molar-refractivity contribution in [2.75, 3.05) is 0 Å². The molecule has 0 rings (SSSR count). The van der Waals surface area contributed by atoms with Crippen LogP contribution in [0, 0.1) is 40.4 Å². The average molecular weight is 531 g/mol. The van der Waals surface area contributed by atoms with E-state index in [1.54, 1.807) is 0 Å². The zero-order valence-electron chi connectivity index (χ0n) is 1.54. The first-order valence-corrected chi connectivity index (χ1v) is 12.9. The van der Waals surface area contributed by atoms with Gasteiger partial charge in [-0.25, -0.2) is 0 Å². The van der Waals surface area contributed by atoms with Crippen LogP contribution in [-0.2, 0) is 0 Å². The minimum atomic E-state index is 0. The fourth-order valence-corrected chi connectivity index (χ4v) is 0. The van der Waals surface area contributed by atoms with E-state index in [-0.39, 0.29) is 40.4 Å². The first-order chi connectivity index (χ1) is 1.41. The maximum absolute atomic E-state index is 2.39. The minimum absolute atomic E-state index is 0. The first-order valence-electron chi connectivity index (χ1n) is 0.286. The predicted octanol–water partition coefficient (Wildman–Crippen LogP) is -1.22. The first kappa shape index (κ1) is 10.5. The molecule has 28 valence electrons. The molecular weight excluding hydrogens is 531 g/mol. The molecule has 0 aromatic carbocycles. The number of halogens is 3. The summed E-state index contributed by atoms with van der Waals surface area (Å²) < 4.78 is 0. The van der Waals surface area contributed by atoms with Gasteiger partial charge in [-0.05, 0) is 0 Å². The molecule has 0 spiro atoms. The van der Waals surface area contributed by atoms with Crippen LogP contribution in [0.2, 0.25) is 0 Å². The van der Waals surface area contributed by atoms with Crippen molar-refractivity contribution < 1.29 is 53.6 Å². The standard InChI is InChI=1S/I3.Sm/c1-3-2;/q-1;. The van der Waals surface area contributed by atoms with Gasteiger partial charge in [0.25, 0.3) is 0 Å². The molecule has 0 nitrogen and oxygen atoms in total. The van der Waals surface area contributed by atoms with E-state index in [4.69, 9.17) is 0 Å². The van der Waals surface area contributed by atoms with Gasteiger partial charge < -0.3 is 0 Å². The summed E-state index contributed by atoms with van der Waals surface area (Å²) in [7, 11) is 0. The van der Waals surface area contributed by atoms with Crippen LogP contribution < -0.4 is 13.3 Å². The summed E-state index contributed by atoms with van der Waals surface area (Å²) >= 11 is 5.30. The Morgan fingerprint density at radius 1 is 1.25 bits per heavy atom. The Kier molecular flexibility index (Phi) is 25.5. The molecule has 0 radical (unpaired) electrons. The van der Waals surface area contributed by atoms with Crippen LogP contribution in [0.3, 0.4) is 0 Å². The van der Waals surface area contributed by atoms with E-state index in [9.17, 15) is 0 Å². The predicted molar refractivity (Wildman–Crippen MR) is 28.0 cm³/mol. The van der Waals surface area contributed by atoms with Crippen LogP contribution in [0.25, 0.3) is 0 Å². The van der Waals surface area contributed by atoms with E-state index < -0.39 is 0 Å². The molecule has 0 bridgehead atoms. The summed E-state index contributed by atoms with van der Waals surface area (Å²) in [6, 6.07) is 0. The molecule has 0 heterocycles. The summed E-state index contributed by atoms with van der Waals surface area (Å²) in [5.74, 6) is 0. The van der Waals surface area contributed by atoms with Crippen LogP contribution >= 0.6 is 37.2 Å². The fourth-order valence-electron chi connectivity index (χ4n) is 0. The molecule has 0 saturated carbocycles. The molecular formula is I3Sm-. The van der Waals surface area contributed by atoms with Gasteiger partial charge in [-0.2, -0.15) is 0 Å². The molecule has 0 fully saturated rings. The van der Waals surface area contributed by atoms with Gasteiger partial charge in [-0.3, -0.25) is 0 Å². The second-order valence-electron chi connectivity index (χ2n) is 0.0540. The molecule has 0 N–H and O–H groups in total. The van der Waals surface area contributed by atoms with Gasteiger partial charge in [-0.15, -0.1) is 0 Å². The average Bonchev–Trinajstić information content (AvgIpc) is 0.918. The summed E-state index contributed by atoms with van der Waals surface area (Å²) in [5, 5.41) is 0. The molecule has 0 saturated heterocycles. The Bertz CT molecular complexity index is 3.25. The van der Waals surface area contributed by atoms with Crippen molar-refractivity contribution in [1.29, 1.82) is 0 Å². The smallest absolute Gasteiger partial charge is 0 e. The Hall–Kier alpha value is 3.53. The summed E-state index contributed by atoms with van der Waals surface area (Å²) in [6.07, 6.45) is 0. The van der Waals surface area contributed by atoms with E-state index in [2.05, 4.69) is 37.2 Å². The Labute approximate surface area is 88.0 Å². The SMILES string of the molecule is I[I-]I.[Sm]. The molecule has 0 unspecified atom stereocenters. The van der Waals surface area contributed by atoms with Crippen molar-refractivity contribution >= 4 is 37.2 Å². The molecule has 4 heteroatoms. The topological polar surface area (TPSA) is 0 Å². The monoisotopic (exact) mass is 533 g/mol. The normalized spacial score (nSPS) is 5.50. The van der Waals surface area contributed by atoms with Gasteiger partial charge in [0.2, 0.25) is 0 Å². The van der Waals surface area contributed by atoms with Crippen molar-refractivity contribution in [3.63, 3.8) is 0 Å². The minimum Gasteiger partial charge on any atom is 0 e. The van der Waals surface area contributed by atoms with E-state index in [0.29, 0.717) is 13.3 Å². The van der Waals surface area contributed by atoms with Crippen LogP contribution in [0.4, 0.5) is 0 Å². The van der Waals surface area contributed by atoms with Crippen molar-refractivity contribution in [3.05, 3.63) is 0 Å². The maximum Gasteiger partial charge on any atom is 0 e. The quantitative estimate of drug-likeness (QED) is 0.344. The zero-order chi connectivity index (χ0) is 2.71. The molecule has 0 aliphatic carbocycles. The number of rotatable bonds is 0. The number of hydrogen-bond acceptors (Lipinski definition) is 0. The van der Waals surface area contributed by atoms with Crippen molar-refractivity contribution in [2.24, 2.45) is 0 Å². The van der Waals surface area contributed by atoms with Crippen LogP contribution in [0.15, 0.2) is 0 Å². The van der Waals surface area contributed by atoms with Crippen molar-refractivity contribution in [1.82, 2.24) is 0 Å². The molecule has 0 aromatic rings. The van der Waals surface area contributed by atoms with Crippen molar-refractivity contribution in [2.45, 2.75) is 0 Å². The van der Waals surface area contributed by atoms with Crippen molar-refractivity contribution in [3.8, 4) is 0 Å².